The summed E-state index contributed by atoms with van der Waals surface area (Å²) >= 11 is 0. The number of hydrogen-bond donors (Lipinski definition) is 2. The van der Waals surface area contributed by atoms with E-state index in [4.69, 9.17) is 9.52 Å². The fourth-order valence-corrected chi connectivity index (χ4v) is 3.57. The van der Waals surface area contributed by atoms with Gasteiger partial charge in [0.1, 0.15) is 5.76 Å². The van der Waals surface area contributed by atoms with Crippen molar-refractivity contribution < 1.29 is 19.1 Å². The molecule has 1 aliphatic heterocycles. The summed E-state index contributed by atoms with van der Waals surface area (Å²) in [7, 11) is 0. The summed E-state index contributed by atoms with van der Waals surface area (Å²) in [6.07, 6.45) is 4.91. The van der Waals surface area contributed by atoms with E-state index in [1.54, 1.807) is 12.3 Å². The number of carboxylic acids is 1. The lowest BCUT2D eigenvalue weighted by Crippen LogP contribution is -2.30. The van der Waals surface area contributed by atoms with Crippen molar-refractivity contribution in [1.29, 1.82) is 0 Å². The van der Waals surface area contributed by atoms with Crippen molar-refractivity contribution in [2.45, 2.75) is 51.6 Å². The highest BCUT2D eigenvalue weighted by Gasteiger charge is 2.27. The molecular weight excluding hydrogens is 344 g/mol. The summed E-state index contributed by atoms with van der Waals surface area (Å²) in [6, 6.07) is 10.4. The summed E-state index contributed by atoms with van der Waals surface area (Å²) in [5, 5.41) is 11.5. The number of rotatable bonds is 9. The van der Waals surface area contributed by atoms with Crippen LogP contribution in [0.2, 0.25) is 0 Å². The molecule has 0 radical (unpaired) electrons. The first-order valence-corrected chi connectivity index (χ1v) is 9.47. The summed E-state index contributed by atoms with van der Waals surface area (Å²) in [5.74, 6) is -0.251. The van der Waals surface area contributed by atoms with Gasteiger partial charge in [0.15, 0.2) is 0 Å². The third kappa shape index (κ3) is 4.70. The van der Waals surface area contributed by atoms with Crippen molar-refractivity contribution in [2.24, 2.45) is 0 Å². The Morgan fingerprint density at radius 2 is 2.04 bits per heavy atom. The average Bonchev–Trinajstić information content (AvgIpc) is 3.23. The number of para-hydroxylation sites is 1. The van der Waals surface area contributed by atoms with Gasteiger partial charge in [-0.05, 0) is 43.9 Å². The number of carbonyl (C=O) groups excluding carboxylic acids is 1. The monoisotopic (exact) mass is 370 g/mol. The van der Waals surface area contributed by atoms with Gasteiger partial charge in [0.2, 0.25) is 0 Å². The second-order valence-electron chi connectivity index (χ2n) is 7.03. The van der Waals surface area contributed by atoms with Crippen LogP contribution in [-0.4, -0.2) is 29.6 Å². The van der Waals surface area contributed by atoms with E-state index in [9.17, 15) is 9.59 Å². The smallest absolute Gasteiger partial charge is 0.303 e. The zero-order chi connectivity index (χ0) is 19.2. The highest BCUT2D eigenvalue weighted by Crippen LogP contribution is 2.33. The lowest BCUT2D eigenvalue weighted by atomic mass is 10.1. The second-order valence-corrected chi connectivity index (χ2v) is 7.03. The number of nitrogens with one attached hydrogen (secondary N) is 1. The van der Waals surface area contributed by atoms with E-state index in [-0.39, 0.29) is 12.3 Å². The third-order valence-corrected chi connectivity index (χ3v) is 5.01. The minimum absolute atomic E-state index is 0.142. The Kier molecular flexibility index (Phi) is 6.16. The Bertz CT molecular complexity index is 799. The number of unbranched alkanes of at least 4 members (excludes halogenated alkanes) is 2. The topological polar surface area (TPSA) is 82.8 Å². The Morgan fingerprint density at radius 3 is 2.85 bits per heavy atom. The molecule has 3 rings (SSSR count). The van der Waals surface area contributed by atoms with E-state index < -0.39 is 5.97 Å². The lowest BCUT2D eigenvalue weighted by Gasteiger charge is -2.24. The van der Waals surface area contributed by atoms with E-state index >= 15 is 0 Å². The molecule has 6 heteroatoms. The molecule has 6 nitrogen and oxygen atoms in total. The number of carboxylic acid groups (broad SMARTS) is 1. The number of carbonyl (C=O) groups is 2. The molecule has 1 aromatic carbocycles. The van der Waals surface area contributed by atoms with Crippen molar-refractivity contribution in [3.05, 3.63) is 53.5 Å². The number of anilines is 1. The largest absolute Gasteiger partial charge is 0.481 e. The molecule has 27 heavy (non-hydrogen) atoms. The molecule has 144 valence electrons. The van der Waals surface area contributed by atoms with E-state index in [1.807, 2.05) is 6.07 Å². The van der Waals surface area contributed by atoms with Crippen molar-refractivity contribution in [3.63, 3.8) is 0 Å². The van der Waals surface area contributed by atoms with Crippen LogP contribution in [0.4, 0.5) is 5.69 Å². The van der Waals surface area contributed by atoms with Gasteiger partial charge in [-0.3, -0.25) is 9.59 Å². The maximum absolute atomic E-state index is 12.5. The van der Waals surface area contributed by atoms with Crippen molar-refractivity contribution in [1.82, 2.24) is 5.32 Å². The molecule has 0 spiro atoms. The standard InChI is InChI=1S/C21H26N2O4/c1-15-13-16-7-4-5-8-18(16)23(15)14-19-17(10-12-27-19)21(26)22-11-6-2-3-9-20(24)25/h4-5,7-8,10,12,15H,2-3,6,9,11,13-14H2,1H3,(H,22,26)(H,24,25). The lowest BCUT2D eigenvalue weighted by molar-refractivity contribution is -0.137. The molecule has 1 atom stereocenters. The molecule has 2 aromatic rings. The summed E-state index contributed by atoms with van der Waals surface area (Å²) in [4.78, 5) is 25.3. The molecule has 1 amide bonds. The number of hydrogen-bond acceptors (Lipinski definition) is 4. The highest BCUT2D eigenvalue weighted by molar-refractivity contribution is 5.95. The number of amides is 1. The van der Waals surface area contributed by atoms with E-state index in [0.29, 0.717) is 36.9 Å². The number of nitrogens with zero attached hydrogens (tertiary/aromatic N) is 1. The van der Waals surface area contributed by atoms with Gasteiger partial charge in [-0.15, -0.1) is 0 Å². The van der Waals surface area contributed by atoms with Crippen LogP contribution in [-0.2, 0) is 17.8 Å². The number of aliphatic carboxylic acids is 1. The third-order valence-electron chi connectivity index (χ3n) is 5.01. The van der Waals surface area contributed by atoms with Crippen LogP contribution in [0.3, 0.4) is 0 Å². The van der Waals surface area contributed by atoms with Gasteiger partial charge in [0, 0.05) is 24.7 Å². The average molecular weight is 370 g/mol. The van der Waals surface area contributed by atoms with Crippen molar-refractivity contribution in [3.8, 4) is 0 Å². The second kappa shape index (κ2) is 8.75. The number of fused-ring (bicyclic) bond motifs is 1. The first-order valence-electron chi connectivity index (χ1n) is 9.47. The van der Waals surface area contributed by atoms with Crippen molar-refractivity contribution >= 4 is 17.6 Å². The van der Waals surface area contributed by atoms with Crippen LogP contribution in [0.25, 0.3) is 0 Å². The molecule has 0 fully saturated rings. The van der Waals surface area contributed by atoms with Gasteiger partial charge in [-0.25, -0.2) is 0 Å². The molecule has 1 unspecified atom stereocenters. The summed E-state index contributed by atoms with van der Waals surface area (Å²) in [5.41, 5.74) is 3.09. The number of benzene rings is 1. The first kappa shape index (κ1) is 19.0. The normalized spacial score (nSPS) is 15.6. The van der Waals surface area contributed by atoms with E-state index in [2.05, 4.69) is 35.3 Å². The van der Waals surface area contributed by atoms with Crippen LogP contribution in [0.5, 0.6) is 0 Å². The van der Waals surface area contributed by atoms with Crippen molar-refractivity contribution in [2.75, 3.05) is 11.4 Å². The quantitative estimate of drug-likeness (QED) is 0.659. The predicted octanol–water partition coefficient (Wildman–Crippen LogP) is 3.61. The van der Waals surface area contributed by atoms with Crippen LogP contribution in [0.1, 0.15) is 54.3 Å². The maximum Gasteiger partial charge on any atom is 0.303 e. The van der Waals surface area contributed by atoms with Crippen LogP contribution in [0, 0.1) is 0 Å². The summed E-state index contributed by atoms with van der Waals surface area (Å²) in [6.45, 7) is 3.28. The van der Waals surface area contributed by atoms with E-state index in [0.717, 1.165) is 19.3 Å². The zero-order valence-electron chi connectivity index (χ0n) is 15.6. The van der Waals surface area contributed by atoms with Crippen LogP contribution >= 0.6 is 0 Å². The number of furan rings is 1. The van der Waals surface area contributed by atoms with Crippen LogP contribution < -0.4 is 10.2 Å². The Hall–Kier alpha value is -2.76. The van der Waals surface area contributed by atoms with Gasteiger partial charge in [-0.2, -0.15) is 0 Å². The summed E-state index contributed by atoms with van der Waals surface area (Å²) < 4.78 is 5.61. The molecule has 2 heterocycles. The maximum atomic E-state index is 12.5. The minimum Gasteiger partial charge on any atom is -0.481 e. The molecule has 0 saturated heterocycles. The predicted molar refractivity (Wildman–Crippen MR) is 103 cm³/mol. The van der Waals surface area contributed by atoms with Gasteiger partial charge < -0.3 is 19.7 Å². The molecule has 0 bridgehead atoms. The fourth-order valence-electron chi connectivity index (χ4n) is 3.57. The molecule has 1 aliphatic rings. The highest BCUT2D eigenvalue weighted by atomic mass is 16.4. The molecule has 0 saturated carbocycles. The Morgan fingerprint density at radius 1 is 1.22 bits per heavy atom. The van der Waals surface area contributed by atoms with Gasteiger partial charge in [0.05, 0.1) is 18.4 Å². The SMILES string of the molecule is CC1Cc2ccccc2N1Cc1occc1C(=O)NCCCCCC(=O)O. The zero-order valence-corrected chi connectivity index (χ0v) is 15.6. The fraction of sp³-hybridized carbons (Fsp3) is 0.429. The molecule has 1 aromatic heterocycles. The molecule has 2 N–H and O–H groups in total. The first-order chi connectivity index (χ1) is 13.1. The van der Waals surface area contributed by atoms with Crippen LogP contribution in [0.15, 0.2) is 41.0 Å². The van der Waals surface area contributed by atoms with Gasteiger partial charge in [0.25, 0.3) is 5.91 Å². The Balaban J connectivity index is 1.55. The molecular formula is C21H26N2O4. The van der Waals surface area contributed by atoms with Gasteiger partial charge >= 0.3 is 5.97 Å². The van der Waals surface area contributed by atoms with E-state index in [1.165, 1.54) is 11.3 Å². The molecule has 0 aliphatic carbocycles. The Labute approximate surface area is 159 Å². The minimum atomic E-state index is -0.778. The van der Waals surface area contributed by atoms with Gasteiger partial charge in [-0.1, -0.05) is 24.6 Å².